The zero-order chi connectivity index (χ0) is 19.7. The molecule has 0 saturated carbocycles. The van der Waals surface area contributed by atoms with Crippen LogP contribution in [0, 0.1) is 17.2 Å². The van der Waals surface area contributed by atoms with Crippen LogP contribution in [-0.2, 0) is 19.5 Å². The van der Waals surface area contributed by atoms with Gasteiger partial charge in [0.15, 0.2) is 0 Å². The third kappa shape index (κ3) is 3.47. The van der Waals surface area contributed by atoms with Gasteiger partial charge in [-0.25, -0.2) is 4.98 Å². The summed E-state index contributed by atoms with van der Waals surface area (Å²) in [5.74, 6) is 0.679. The Labute approximate surface area is 163 Å². The lowest BCUT2D eigenvalue weighted by atomic mass is 10.0. The molecule has 0 amide bonds. The molecule has 0 fully saturated rings. The minimum atomic E-state index is -0.311. The number of nitrogens with one attached hydrogen (secondary N) is 2. The molecule has 3 heterocycles. The molecule has 0 radical (unpaired) electrons. The van der Waals surface area contributed by atoms with Crippen LogP contribution >= 0.6 is 0 Å². The fourth-order valence-corrected chi connectivity index (χ4v) is 3.52. The van der Waals surface area contributed by atoms with Crippen LogP contribution < -0.4 is 16.2 Å². The third-order valence-corrected chi connectivity index (χ3v) is 4.84. The topological polar surface area (TPSA) is 95.6 Å². The van der Waals surface area contributed by atoms with Crippen molar-refractivity contribution in [1.29, 1.82) is 5.26 Å². The van der Waals surface area contributed by atoms with E-state index >= 15 is 0 Å². The normalized spacial score (nSPS) is 13.4. The number of rotatable bonds is 4. The number of pyridine rings is 1. The molecule has 0 atom stereocenters. The van der Waals surface area contributed by atoms with Gasteiger partial charge in [0.1, 0.15) is 17.3 Å². The second kappa shape index (κ2) is 7.41. The zero-order valence-electron chi connectivity index (χ0n) is 16.0. The van der Waals surface area contributed by atoms with Crippen LogP contribution in [0.4, 0.5) is 11.6 Å². The van der Waals surface area contributed by atoms with Crippen LogP contribution in [0.25, 0.3) is 11.0 Å². The van der Waals surface area contributed by atoms with Crippen molar-refractivity contribution in [2.75, 3.05) is 11.9 Å². The van der Waals surface area contributed by atoms with E-state index in [1.807, 2.05) is 26.0 Å². The van der Waals surface area contributed by atoms with E-state index in [1.54, 1.807) is 16.8 Å². The highest BCUT2D eigenvalue weighted by Gasteiger charge is 2.14. The molecule has 7 heteroatoms. The van der Waals surface area contributed by atoms with Crippen LogP contribution in [0.5, 0.6) is 0 Å². The number of fused-ring (bicyclic) bond motifs is 2. The third-order valence-electron chi connectivity index (χ3n) is 4.84. The van der Waals surface area contributed by atoms with Gasteiger partial charge < -0.3 is 10.6 Å². The molecule has 1 aliphatic rings. The number of aromatic nitrogens is 3. The van der Waals surface area contributed by atoms with Crippen molar-refractivity contribution in [1.82, 2.24) is 19.9 Å². The Balaban J connectivity index is 1.75. The molecule has 4 rings (SSSR count). The van der Waals surface area contributed by atoms with Gasteiger partial charge in [-0.05, 0) is 48.2 Å². The van der Waals surface area contributed by atoms with E-state index in [-0.39, 0.29) is 17.0 Å². The second-order valence-corrected chi connectivity index (χ2v) is 7.49. The Morgan fingerprint density at radius 3 is 2.96 bits per heavy atom. The molecule has 7 nitrogen and oxygen atoms in total. The summed E-state index contributed by atoms with van der Waals surface area (Å²) in [7, 11) is 0. The molecule has 0 saturated heterocycles. The summed E-state index contributed by atoms with van der Waals surface area (Å²) in [6, 6.07) is 9.79. The predicted octanol–water partition coefficient (Wildman–Crippen LogP) is 2.71. The SMILES string of the molecule is CC(C)Cn1c(=O)c(C#N)cc2cnc(Nc3ccc4c(c3)CCNC4)nc21. The molecule has 142 valence electrons. The summed E-state index contributed by atoms with van der Waals surface area (Å²) >= 11 is 0. The van der Waals surface area contributed by atoms with Crippen molar-refractivity contribution in [3.8, 4) is 6.07 Å². The molecule has 0 bridgehead atoms. The number of nitriles is 1. The molecular weight excluding hydrogens is 352 g/mol. The molecule has 1 aromatic carbocycles. The highest BCUT2D eigenvalue weighted by molar-refractivity contribution is 5.77. The van der Waals surface area contributed by atoms with Gasteiger partial charge in [-0.2, -0.15) is 10.2 Å². The Morgan fingerprint density at radius 1 is 1.32 bits per heavy atom. The van der Waals surface area contributed by atoms with E-state index in [0.29, 0.717) is 23.5 Å². The van der Waals surface area contributed by atoms with Crippen LogP contribution in [0.3, 0.4) is 0 Å². The Kier molecular flexibility index (Phi) is 4.80. The standard InChI is InChI=1S/C21H22N6O/c1-13(2)12-27-19-17(7-16(9-22)20(27)28)11-24-21(26-19)25-18-4-3-15-10-23-6-5-14(15)8-18/h3-4,7-8,11,13,23H,5-6,10,12H2,1-2H3,(H,24,25,26). The van der Waals surface area contributed by atoms with Gasteiger partial charge in [-0.15, -0.1) is 0 Å². The molecule has 0 spiro atoms. The summed E-state index contributed by atoms with van der Waals surface area (Å²) < 4.78 is 1.57. The fraction of sp³-hybridized carbons (Fsp3) is 0.333. The molecule has 2 aromatic heterocycles. The van der Waals surface area contributed by atoms with Crippen molar-refractivity contribution in [2.24, 2.45) is 5.92 Å². The maximum Gasteiger partial charge on any atom is 0.270 e. The molecule has 2 N–H and O–H groups in total. The first-order valence-corrected chi connectivity index (χ1v) is 9.45. The summed E-state index contributed by atoms with van der Waals surface area (Å²) in [6.45, 7) is 6.42. The van der Waals surface area contributed by atoms with Crippen LogP contribution in [0.2, 0.25) is 0 Å². The number of nitrogens with zero attached hydrogens (tertiary/aromatic N) is 4. The minimum absolute atomic E-state index is 0.112. The lowest BCUT2D eigenvalue weighted by molar-refractivity contribution is 0.520. The van der Waals surface area contributed by atoms with Crippen molar-refractivity contribution in [2.45, 2.75) is 33.4 Å². The highest BCUT2D eigenvalue weighted by atomic mass is 16.1. The van der Waals surface area contributed by atoms with Crippen molar-refractivity contribution in [3.05, 3.63) is 57.5 Å². The smallest absolute Gasteiger partial charge is 0.270 e. The minimum Gasteiger partial charge on any atom is -0.324 e. The second-order valence-electron chi connectivity index (χ2n) is 7.49. The number of anilines is 2. The Hall–Kier alpha value is -3.24. The summed E-state index contributed by atoms with van der Waals surface area (Å²) in [5, 5.41) is 16.6. The number of hydrogen-bond acceptors (Lipinski definition) is 6. The number of benzene rings is 1. The molecular formula is C21H22N6O. The van der Waals surface area contributed by atoms with Gasteiger partial charge in [-0.3, -0.25) is 9.36 Å². The van der Waals surface area contributed by atoms with E-state index in [9.17, 15) is 10.1 Å². The number of hydrogen-bond donors (Lipinski definition) is 2. The summed E-state index contributed by atoms with van der Waals surface area (Å²) in [4.78, 5) is 21.6. The van der Waals surface area contributed by atoms with Gasteiger partial charge >= 0.3 is 0 Å². The lowest BCUT2D eigenvalue weighted by Crippen LogP contribution is -2.26. The maximum atomic E-state index is 12.6. The van der Waals surface area contributed by atoms with Gasteiger partial charge in [-0.1, -0.05) is 19.9 Å². The average Bonchev–Trinajstić information content (AvgIpc) is 2.70. The molecule has 3 aromatic rings. The lowest BCUT2D eigenvalue weighted by Gasteiger charge is -2.18. The first-order chi connectivity index (χ1) is 13.5. The quantitative estimate of drug-likeness (QED) is 0.729. The van der Waals surface area contributed by atoms with E-state index in [4.69, 9.17) is 0 Å². The monoisotopic (exact) mass is 374 g/mol. The Morgan fingerprint density at radius 2 is 2.18 bits per heavy atom. The molecule has 1 aliphatic heterocycles. The zero-order valence-corrected chi connectivity index (χ0v) is 16.0. The summed E-state index contributed by atoms with van der Waals surface area (Å²) in [6.07, 6.45) is 2.65. The van der Waals surface area contributed by atoms with Crippen molar-refractivity contribution in [3.63, 3.8) is 0 Å². The first-order valence-electron chi connectivity index (χ1n) is 9.45. The Bertz CT molecular complexity index is 1140. The largest absolute Gasteiger partial charge is 0.324 e. The molecule has 0 aliphatic carbocycles. The summed E-state index contributed by atoms with van der Waals surface area (Å²) in [5.41, 5.74) is 3.89. The molecule has 28 heavy (non-hydrogen) atoms. The van der Waals surface area contributed by atoms with E-state index < -0.39 is 0 Å². The van der Waals surface area contributed by atoms with Gasteiger partial charge in [0.2, 0.25) is 5.95 Å². The van der Waals surface area contributed by atoms with E-state index in [0.717, 1.165) is 25.2 Å². The van der Waals surface area contributed by atoms with Gasteiger partial charge in [0.25, 0.3) is 5.56 Å². The predicted molar refractivity (Wildman–Crippen MR) is 108 cm³/mol. The first kappa shape index (κ1) is 18.1. The van der Waals surface area contributed by atoms with Crippen molar-refractivity contribution < 1.29 is 0 Å². The van der Waals surface area contributed by atoms with Crippen LogP contribution in [-0.4, -0.2) is 21.1 Å². The van der Waals surface area contributed by atoms with Gasteiger partial charge in [0, 0.05) is 30.4 Å². The molecule has 0 unspecified atom stereocenters. The highest BCUT2D eigenvalue weighted by Crippen LogP contribution is 2.22. The van der Waals surface area contributed by atoms with E-state index in [1.165, 1.54) is 11.1 Å². The van der Waals surface area contributed by atoms with E-state index in [2.05, 4.69) is 32.7 Å². The maximum absolute atomic E-state index is 12.6. The fourth-order valence-electron chi connectivity index (χ4n) is 3.52. The average molecular weight is 374 g/mol. The van der Waals surface area contributed by atoms with Gasteiger partial charge in [0.05, 0.1) is 0 Å². The van der Waals surface area contributed by atoms with Crippen LogP contribution in [0.1, 0.15) is 30.5 Å². The van der Waals surface area contributed by atoms with Crippen LogP contribution in [0.15, 0.2) is 35.3 Å². The van der Waals surface area contributed by atoms with Crippen molar-refractivity contribution >= 4 is 22.7 Å².